The van der Waals surface area contributed by atoms with E-state index in [2.05, 4.69) is 15.4 Å². The van der Waals surface area contributed by atoms with Crippen molar-refractivity contribution in [3.8, 4) is 17.2 Å². The summed E-state index contributed by atoms with van der Waals surface area (Å²) in [4.78, 5) is 47.0. The summed E-state index contributed by atoms with van der Waals surface area (Å²) >= 11 is 1.37. The molecule has 1 N–H and O–H groups in total. The van der Waals surface area contributed by atoms with Crippen molar-refractivity contribution in [2.24, 2.45) is 0 Å². The second-order valence-electron chi connectivity index (χ2n) is 8.62. The molecule has 0 unspecified atom stereocenters. The summed E-state index contributed by atoms with van der Waals surface area (Å²) in [5.41, 5.74) is 2.94. The van der Waals surface area contributed by atoms with Crippen LogP contribution in [0, 0.1) is 10.1 Å². The quantitative estimate of drug-likeness (QED) is 0.307. The molecule has 0 bridgehead atoms. The number of hydrogen-bond donors (Lipinski definition) is 1. The Labute approximate surface area is 228 Å². The molecule has 1 fully saturated rings. The van der Waals surface area contributed by atoms with E-state index >= 15 is 0 Å². The summed E-state index contributed by atoms with van der Waals surface area (Å²) in [6, 6.07) is 6.10. The lowest BCUT2D eigenvalue weighted by Gasteiger charge is -2.31. The first-order chi connectivity index (χ1) is 18.8. The van der Waals surface area contributed by atoms with Gasteiger partial charge < -0.3 is 19.1 Å². The zero-order chi connectivity index (χ0) is 28.1. The van der Waals surface area contributed by atoms with Gasteiger partial charge in [-0.15, -0.1) is 11.3 Å². The van der Waals surface area contributed by atoms with Crippen molar-refractivity contribution in [3.05, 3.63) is 62.2 Å². The molecular weight excluding hydrogens is 528 g/mol. The topological polar surface area (TPSA) is 149 Å². The number of likely N-dealkylation sites (tertiary alicyclic amines) is 1. The number of carbonyl (C=O) groups is 2. The number of methoxy groups -OCH3 is 3. The lowest BCUT2D eigenvalue weighted by molar-refractivity contribution is -0.384. The molecule has 2 aromatic heterocycles. The molecule has 4 rings (SSSR count). The molecule has 0 aliphatic carbocycles. The van der Waals surface area contributed by atoms with Crippen molar-refractivity contribution >= 4 is 34.7 Å². The summed E-state index contributed by atoms with van der Waals surface area (Å²) in [5, 5.41) is 14.9. The number of pyridine rings is 1. The molecule has 0 saturated carbocycles. The largest absolute Gasteiger partial charge is 0.493 e. The summed E-state index contributed by atoms with van der Waals surface area (Å²) in [6.07, 6.45) is 2.76. The molecule has 39 heavy (non-hydrogen) atoms. The van der Waals surface area contributed by atoms with Crippen molar-refractivity contribution in [1.82, 2.24) is 20.3 Å². The van der Waals surface area contributed by atoms with Crippen LogP contribution in [-0.2, 0) is 0 Å². The molecule has 13 nitrogen and oxygen atoms in total. The van der Waals surface area contributed by atoms with Gasteiger partial charge in [0.25, 0.3) is 11.8 Å². The highest BCUT2D eigenvalue weighted by Crippen LogP contribution is 2.41. The Morgan fingerprint density at radius 1 is 1.13 bits per heavy atom. The maximum Gasteiger partial charge on any atom is 0.313 e. The number of anilines is 1. The molecule has 14 heteroatoms. The van der Waals surface area contributed by atoms with Gasteiger partial charge in [0.05, 0.1) is 36.8 Å². The van der Waals surface area contributed by atoms with Crippen LogP contribution in [0.3, 0.4) is 0 Å². The van der Waals surface area contributed by atoms with Gasteiger partial charge in [0.2, 0.25) is 11.6 Å². The average molecular weight is 557 g/mol. The number of nitrogens with zero attached hydrogens (tertiary/aromatic N) is 5. The third kappa shape index (κ3) is 5.70. The second kappa shape index (κ2) is 11.9. The number of ether oxygens (including phenoxy) is 3. The maximum absolute atomic E-state index is 13.3. The number of benzene rings is 1. The monoisotopic (exact) mass is 556 g/mol. The third-order valence-corrected chi connectivity index (χ3v) is 7.38. The number of thiazole rings is 1. The van der Waals surface area contributed by atoms with Crippen molar-refractivity contribution in [2.75, 3.05) is 46.5 Å². The maximum atomic E-state index is 13.3. The van der Waals surface area contributed by atoms with Gasteiger partial charge in [-0.1, -0.05) is 0 Å². The van der Waals surface area contributed by atoms with Crippen LogP contribution >= 0.6 is 11.3 Å². The first kappa shape index (κ1) is 27.6. The number of amides is 2. The van der Waals surface area contributed by atoms with E-state index in [1.807, 2.05) is 0 Å². The van der Waals surface area contributed by atoms with Gasteiger partial charge in [0, 0.05) is 43.7 Å². The predicted molar refractivity (Wildman–Crippen MR) is 143 cm³/mol. The van der Waals surface area contributed by atoms with Crippen molar-refractivity contribution in [2.45, 2.75) is 18.8 Å². The van der Waals surface area contributed by atoms with E-state index < -0.39 is 10.8 Å². The highest BCUT2D eigenvalue weighted by atomic mass is 32.1. The summed E-state index contributed by atoms with van der Waals surface area (Å²) < 4.78 is 16.2. The van der Waals surface area contributed by atoms with Crippen molar-refractivity contribution in [3.63, 3.8) is 0 Å². The van der Waals surface area contributed by atoms with E-state index in [1.165, 1.54) is 63.1 Å². The van der Waals surface area contributed by atoms with Gasteiger partial charge >= 0.3 is 5.69 Å². The molecule has 3 aromatic rings. The molecule has 0 atom stereocenters. The van der Waals surface area contributed by atoms with Gasteiger partial charge in [-0.2, -0.15) is 0 Å². The zero-order valence-corrected chi connectivity index (χ0v) is 22.7. The van der Waals surface area contributed by atoms with Gasteiger partial charge in [0.15, 0.2) is 11.5 Å². The Hall–Kier alpha value is -4.46. The zero-order valence-electron chi connectivity index (χ0n) is 21.9. The van der Waals surface area contributed by atoms with Crippen LogP contribution in [0.15, 0.2) is 35.8 Å². The number of hydrogen-bond acceptors (Lipinski definition) is 11. The minimum atomic E-state index is -0.565. The van der Waals surface area contributed by atoms with Crippen molar-refractivity contribution in [1.29, 1.82) is 0 Å². The standard InChI is InChI=1S/C25H28N6O7S/c1-29(22-18(31(34)35)6-5-11-26-22)28-23(32)17-14-39-24(27-17)15-9-12-30(13-10-15)25(33)16-7-8-19(36-2)21(38-4)20(16)37-3/h5-8,11,14-15H,9-10,12-13H2,1-4H3,(H,28,32). The molecule has 0 spiro atoms. The predicted octanol–water partition coefficient (Wildman–Crippen LogP) is 3.27. The van der Waals surface area contributed by atoms with Crippen LogP contribution in [0.25, 0.3) is 0 Å². The van der Waals surface area contributed by atoms with Crippen LogP contribution < -0.4 is 24.6 Å². The number of nitrogens with one attached hydrogen (secondary N) is 1. The fourth-order valence-corrected chi connectivity index (χ4v) is 5.37. The SMILES string of the molecule is COc1ccc(C(=O)N2CCC(c3nc(C(=O)NN(C)c4ncccc4[N+](=O)[O-])cs3)CC2)c(OC)c1OC. The third-order valence-electron chi connectivity index (χ3n) is 6.37. The van der Waals surface area contributed by atoms with Crippen LogP contribution in [0.2, 0.25) is 0 Å². The molecule has 206 valence electrons. The Morgan fingerprint density at radius 3 is 2.49 bits per heavy atom. The lowest BCUT2D eigenvalue weighted by Crippen LogP contribution is -2.40. The number of aromatic nitrogens is 2. The van der Waals surface area contributed by atoms with Crippen LogP contribution in [0.1, 0.15) is 44.6 Å². The van der Waals surface area contributed by atoms with Crippen LogP contribution in [-0.4, -0.2) is 73.1 Å². The number of nitro groups is 1. The molecule has 0 radical (unpaired) electrons. The number of piperidine rings is 1. The Bertz CT molecular complexity index is 1370. The molecular formula is C25H28N6O7S. The second-order valence-corrected chi connectivity index (χ2v) is 9.51. The van der Waals surface area contributed by atoms with Gasteiger partial charge in [-0.25, -0.2) is 9.97 Å². The fourth-order valence-electron chi connectivity index (χ4n) is 4.40. The summed E-state index contributed by atoms with van der Waals surface area (Å²) in [5.74, 6) is 0.568. The Balaban J connectivity index is 1.39. The number of hydrazine groups is 1. The van der Waals surface area contributed by atoms with E-state index in [4.69, 9.17) is 14.2 Å². The normalized spacial score (nSPS) is 13.5. The van der Waals surface area contributed by atoms with Crippen molar-refractivity contribution < 1.29 is 28.7 Å². The van der Waals surface area contributed by atoms with Crippen LogP contribution in [0.5, 0.6) is 17.2 Å². The van der Waals surface area contributed by atoms with E-state index in [-0.39, 0.29) is 29.0 Å². The number of rotatable bonds is 9. The van der Waals surface area contributed by atoms with Gasteiger partial charge in [-0.05, 0) is 31.0 Å². The van der Waals surface area contributed by atoms with E-state index in [9.17, 15) is 19.7 Å². The molecule has 1 aromatic carbocycles. The van der Waals surface area contributed by atoms with Gasteiger partial charge in [-0.3, -0.25) is 30.1 Å². The molecule has 1 saturated heterocycles. The van der Waals surface area contributed by atoms with E-state index in [0.717, 1.165) is 5.01 Å². The molecule has 3 heterocycles. The molecule has 1 aliphatic heterocycles. The minimum Gasteiger partial charge on any atom is -0.493 e. The highest BCUT2D eigenvalue weighted by molar-refractivity contribution is 7.09. The van der Waals surface area contributed by atoms with E-state index in [1.54, 1.807) is 22.4 Å². The molecule has 2 amide bonds. The highest BCUT2D eigenvalue weighted by Gasteiger charge is 2.30. The first-order valence-electron chi connectivity index (χ1n) is 12.0. The number of carbonyl (C=O) groups excluding carboxylic acids is 2. The lowest BCUT2D eigenvalue weighted by atomic mass is 9.97. The smallest absolute Gasteiger partial charge is 0.313 e. The van der Waals surface area contributed by atoms with Gasteiger partial charge in [0.1, 0.15) is 5.69 Å². The van der Waals surface area contributed by atoms with E-state index in [0.29, 0.717) is 48.7 Å². The van der Waals surface area contributed by atoms with Crippen LogP contribution in [0.4, 0.5) is 11.5 Å². The first-order valence-corrected chi connectivity index (χ1v) is 12.8. The summed E-state index contributed by atoms with van der Waals surface area (Å²) in [6.45, 7) is 1.02. The Kier molecular flexibility index (Phi) is 8.44. The average Bonchev–Trinajstić information content (AvgIpc) is 3.46. The fraction of sp³-hybridized carbons (Fsp3) is 0.360. The minimum absolute atomic E-state index is 0.00875. The Morgan fingerprint density at radius 2 is 1.85 bits per heavy atom. The summed E-state index contributed by atoms with van der Waals surface area (Å²) in [7, 11) is 5.96. The molecule has 1 aliphatic rings.